The van der Waals surface area contributed by atoms with Crippen LogP contribution in [-0.4, -0.2) is 12.5 Å². The van der Waals surface area contributed by atoms with E-state index < -0.39 is 0 Å². The Kier molecular flexibility index (Phi) is 5.74. The third-order valence-electron chi connectivity index (χ3n) is 3.46. The molecule has 0 saturated carbocycles. The van der Waals surface area contributed by atoms with Crippen LogP contribution in [0.1, 0.15) is 31.7 Å². The number of thiophene rings is 1. The van der Waals surface area contributed by atoms with E-state index in [9.17, 15) is 4.79 Å². The minimum atomic E-state index is -0.215. The molecule has 0 aliphatic heterocycles. The number of amides is 1. The predicted octanol–water partition coefficient (Wildman–Crippen LogP) is 4.18. The molecule has 1 atom stereocenters. The van der Waals surface area contributed by atoms with Gasteiger partial charge in [0, 0.05) is 4.88 Å². The molecule has 1 aromatic carbocycles. The molecule has 1 unspecified atom stereocenters. The molecule has 114 valence electrons. The third-order valence-corrected chi connectivity index (χ3v) is 4.38. The monoisotopic (exact) mass is 312 g/mol. The highest BCUT2D eigenvalue weighted by Gasteiger charge is 2.22. The van der Waals surface area contributed by atoms with Crippen LogP contribution in [0.3, 0.4) is 0 Å². The molecule has 0 aliphatic carbocycles. The molecule has 1 N–H and O–H groups in total. The number of carbonyl (C=O) groups is 1. The summed E-state index contributed by atoms with van der Waals surface area (Å²) in [6.45, 7) is 4.26. The van der Waals surface area contributed by atoms with Crippen LogP contribution >= 0.6 is 11.3 Å². The van der Waals surface area contributed by atoms with Gasteiger partial charge in [0.15, 0.2) is 0 Å². The fourth-order valence-electron chi connectivity index (χ4n) is 2.47. The van der Waals surface area contributed by atoms with Gasteiger partial charge in [0.2, 0.25) is 5.91 Å². The molecule has 0 radical (unpaired) electrons. The molecular weight excluding hydrogens is 292 g/mol. The fraction of sp³-hybridized carbons (Fsp3) is 0.333. The summed E-state index contributed by atoms with van der Waals surface area (Å²) in [6.07, 6.45) is 0.769. The van der Waals surface area contributed by atoms with E-state index in [1.54, 1.807) is 11.3 Å². The normalized spacial score (nSPS) is 11.9. The lowest BCUT2D eigenvalue weighted by molar-refractivity contribution is -0.122. The van der Waals surface area contributed by atoms with Crippen LogP contribution in [0.15, 0.2) is 41.8 Å². The summed E-state index contributed by atoms with van der Waals surface area (Å²) in [6, 6.07) is 14.2. The van der Waals surface area contributed by atoms with E-state index in [2.05, 4.69) is 37.4 Å². The summed E-state index contributed by atoms with van der Waals surface area (Å²) in [4.78, 5) is 13.6. The summed E-state index contributed by atoms with van der Waals surface area (Å²) >= 11 is 1.69. The van der Waals surface area contributed by atoms with E-state index in [4.69, 9.17) is 5.26 Å². The number of nitriles is 1. The van der Waals surface area contributed by atoms with Crippen LogP contribution in [0.4, 0.5) is 0 Å². The Balaban J connectivity index is 2.29. The minimum Gasteiger partial charge on any atom is -0.342 e. The number of carbonyl (C=O) groups excluding carboxylic acids is 1. The van der Waals surface area contributed by atoms with Crippen molar-refractivity contribution in [3.8, 4) is 16.5 Å². The fourth-order valence-corrected chi connectivity index (χ4v) is 3.19. The molecule has 1 heterocycles. The number of rotatable bonds is 6. The first kappa shape index (κ1) is 16.3. The Hall–Kier alpha value is -2.12. The zero-order valence-electron chi connectivity index (χ0n) is 12.9. The highest BCUT2D eigenvalue weighted by atomic mass is 32.1. The lowest BCUT2D eigenvalue weighted by atomic mass is 9.88. The minimum absolute atomic E-state index is 0.0536. The lowest BCUT2D eigenvalue weighted by Gasteiger charge is -2.19. The van der Waals surface area contributed by atoms with Gasteiger partial charge in [-0.15, -0.1) is 11.3 Å². The number of hydrogen-bond donors (Lipinski definition) is 1. The Morgan fingerprint density at radius 3 is 2.77 bits per heavy atom. The molecule has 0 fully saturated rings. The van der Waals surface area contributed by atoms with E-state index in [1.165, 1.54) is 4.88 Å². The van der Waals surface area contributed by atoms with Crippen molar-refractivity contribution in [2.75, 3.05) is 6.54 Å². The molecule has 0 spiro atoms. The van der Waals surface area contributed by atoms with Gasteiger partial charge in [-0.1, -0.05) is 38.1 Å². The van der Waals surface area contributed by atoms with E-state index in [0.29, 0.717) is 5.92 Å². The average Bonchev–Trinajstić information content (AvgIpc) is 3.04. The maximum atomic E-state index is 12.4. The molecule has 0 aliphatic rings. The first-order valence-electron chi connectivity index (χ1n) is 7.40. The predicted molar refractivity (Wildman–Crippen MR) is 90.6 cm³/mol. The highest BCUT2D eigenvalue weighted by molar-refractivity contribution is 7.13. The van der Waals surface area contributed by atoms with Gasteiger partial charge in [-0.2, -0.15) is 5.26 Å². The van der Waals surface area contributed by atoms with Crippen molar-refractivity contribution in [3.05, 3.63) is 47.3 Å². The number of nitrogens with zero attached hydrogens (tertiary/aromatic N) is 1. The second-order valence-corrected chi connectivity index (χ2v) is 6.61. The van der Waals surface area contributed by atoms with Gasteiger partial charge in [-0.3, -0.25) is 4.79 Å². The molecule has 1 amide bonds. The summed E-state index contributed by atoms with van der Waals surface area (Å²) in [5, 5.41) is 13.4. The van der Waals surface area contributed by atoms with E-state index >= 15 is 0 Å². The maximum Gasteiger partial charge on any atom is 0.228 e. The van der Waals surface area contributed by atoms with Crippen LogP contribution in [0.25, 0.3) is 10.4 Å². The number of benzene rings is 1. The topological polar surface area (TPSA) is 52.9 Å². The summed E-state index contributed by atoms with van der Waals surface area (Å²) in [7, 11) is 0. The van der Waals surface area contributed by atoms with Gasteiger partial charge in [-0.05, 0) is 41.0 Å². The zero-order valence-corrected chi connectivity index (χ0v) is 13.7. The quantitative estimate of drug-likeness (QED) is 0.813. The Morgan fingerprint density at radius 1 is 1.32 bits per heavy atom. The summed E-state index contributed by atoms with van der Waals surface area (Å²) in [5.74, 6) is 0.120. The van der Waals surface area contributed by atoms with Gasteiger partial charge < -0.3 is 5.32 Å². The van der Waals surface area contributed by atoms with E-state index in [-0.39, 0.29) is 18.4 Å². The molecule has 0 saturated heterocycles. The largest absolute Gasteiger partial charge is 0.342 e. The van der Waals surface area contributed by atoms with Crippen LogP contribution in [0.2, 0.25) is 0 Å². The number of nitrogens with one attached hydrogen (secondary N) is 1. The summed E-state index contributed by atoms with van der Waals surface area (Å²) in [5.41, 5.74) is 2.14. The van der Waals surface area contributed by atoms with Crippen LogP contribution in [-0.2, 0) is 4.79 Å². The second-order valence-electron chi connectivity index (χ2n) is 5.66. The Morgan fingerprint density at radius 2 is 2.14 bits per heavy atom. The molecule has 2 aromatic rings. The lowest BCUT2D eigenvalue weighted by Crippen LogP contribution is -2.30. The molecule has 22 heavy (non-hydrogen) atoms. The van der Waals surface area contributed by atoms with Crippen LogP contribution in [0.5, 0.6) is 0 Å². The van der Waals surface area contributed by atoms with Crippen LogP contribution in [0, 0.1) is 17.2 Å². The molecule has 3 nitrogen and oxygen atoms in total. The van der Waals surface area contributed by atoms with E-state index in [1.807, 2.05) is 29.6 Å². The first-order chi connectivity index (χ1) is 10.6. The smallest absolute Gasteiger partial charge is 0.228 e. The standard InChI is InChI=1S/C18H20N2OS/c1-13(2)11-16(18(21)20-9-8-19)14-5-3-6-15(12-14)17-7-4-10-22-17/h3-7,10,12-13,16H,9,11H2,1-2H3,(H,20,21). The molecule has 1 aromatic heterocycles. The van der Waals surface area contributed by atoms with Crippen LogP contribution < -0.4 is 5.32 Å². The van der Waals surface area contributed by atoms with Gasteiger partial charge in [0.25, 0.3) is 0 Å². The maximum absolute atomic E-state index is 12.4. The third kappa shape index (κ3) is 4.19. The Bertz CT molecular complexity index is 656. The van der Waals surface area contributed by atoms with Gasteiger partial charge >= 0.3 is 0 Å². The van der Waals surface area contributed by atoms with Crippen molar-refractivity contribution in [1.82, 2.24) is 5.32 Å². The SMILES string of the molecule is CC(C)CC(C(=O)NCC#N)c1cccc(-c2cccs2)c1. The summed E-state index contributed by atoms with van der Waals surface area (Å²) < 4.78 is 0. The number of hydrogen-bond acceptors (Lipinski definition) is 3. The van der Waals surface area contributed by atoms with Gasteiger partial charge in [0.1, 0.15) is 6.54 Å². The van der Waals surface area contributed by atoms with E-state index in [0.717, 1.165) is 17.5 Å². The van der Waals surface area contributed by atoms with Crippen molar-refractivity contribution in [2.24, 2.45) is 5.92 Å². The van der Waals surface area contributed by atoms with Gasteiger partial charge in [0.05, 0.1) is 12.0 Å². The molecule has 4 heteroatoms. The van der Waals surface area contributed by atoms with Crippen molar-refractivity contribution in [2.45, 2.75) is 26.2 Å². The Labute approximate surface area is 135 Å². The molecule has 2 rings (SSSR count). The molecule has 0 bridgehead atoms. The van der Waals surface area contributed by atoms with Crippen molar-refractivity contribution in [3.63, 3.8) is 0 Å². The second kappa shape index (κ2) is 7.77. The zero-order chi connectivity index (χ0) is 15.9. The van der Waals surface area contributed by atoms with Crippen molar-refractivity contribution < 1.29 is 4.79 Å². The average molecular weight is 312 g/mol. The molecular formula is C18H20N2OS. The van der Waals surface area contributed by atoms with Gasteiger partial charge in [-0.25, -0.2) is 0 Å². The highest BCUT2D eigenvalue weighted by Crippen LogP contribution is 2.30. The van der Waals surface area contributed by atoms with Crippen molar-refractivity contribution in [1.29, 1.82) is 5.26 Å². The van der Waals surface area contributed by atoms with Crippen molar-refractivity contribution >= 4 is 17.2 Å². The first-order valence-corrected chi connectivity index (χ1v) is 8.28.